The Bertz CT molecular complexity index is 1320. The molecule has 0 radical (unpaired) electrons. The van der Waals surface area contributed by atoms with Crippen LogP contribution in [0.5, 0.6) is 5.75 Å². The molecule has 2 amide bonds. The van der Waals surface area contributed by atoms with Gasteiger partial charge < -0.3 is 20.7 Å². The highest BCUT2D eigenvalue weighted by molar-refractivity contribution is 6.08. The second-order valence-electron chi connectivity index (χ2n) is 7.97. The number of piperidine rings is 1. The number of methoxy groups -OCH3 is 1. The Labute approximate surface area is 195 Å². The van der Waals surface area contributed by atoms with Crippen molar-refractivity contribution in [2.24, 2.45) is 0 Å². The smallest absolute Gasteiger partial charge is 0.262 e. The van der Waals surface area contributed by atoms with Crippen LogP contribution >= 0.6 is 0 Å². The molecule has 4 heterocycles. The molecule has 0 bridgehead atoms. The van der Waals surface area contributed by atoms with Gasteiger partial charge >= 0.3 is 0 Å². The summed E-state index contributed by atoms with van der Waals surface area (Å²) >= 11 is 0. The van der Waals surface area contributed by atoms with Gasteiger partial charge in [0.05, 0.1) is 42.8 Å². The summed E-state index contributed by atoms with van der Waals surface area (Å²) in [6.07, 6.45) is 7.04. The lowest BCUT2D eigenvalue weighted by Crippen LogP contribution is -2.26. The Balaban J connectivity index is 1.48. The molecule has 1 aliphatic heterocycles. The maximum absolute atomic E-state index is 13.2. The van der Waals surface area contributed by atoms with E-state index in [0.717, 1.165) is 43.1 Å². The molecular formula is C23H24N8O3. The number of nitrogens with one attached hydrogen (secondary N) is 3. The number of carbonyl (C=O) groups excluding carboxylic acids is 2. The van der Waals surface area contributed by atoms with E-state index in [1.54, 1.807) is 18.0 Å². The molecule has 11 heteroatoms. The van der Waals surface area contributed by atoms with Crippen molar-refractivity contribution in [1.82, 2.24) is 29.7 Å². The summed E-state index contributed by atoms with van der Waals surface area (Å²) in [6.45, 7) is 1.88. The monoisotopic (exact) mass is 460 g/mol. The number of fused-ring (bicyclic) bond motifs is 1. The molecule has 11 nitrogen and oxygen atoms in total. The molecule has 0 unspecified atom stereocenters. The molecule has 34 heavy (non-hydrogen) atoms. The second-order valence-corrected chi connectivity index (χ2v) is 7.97. The van der Waals surface area contributed by atoms with Gasteiger partial charge in [-0.1, -0.05) is 0 Å². The summed E-state index contributed by atoms with van der Waals surface area (Å²) < 4.78 is 8.45. The fraction of sp³-hybridized carbons (Fsp3) is 0.261. The molecule has 1 aromatic carbocycles. The minimum atomic E-state index is -0.356. The number of hydrogen-bond acceptors (Lipinski definition) is 7. The van der Waals surface area contributed by atoms with E-state index in [2.05, 4.69) is 26.0 Å². The average molecular weight is 460 g/mol. The predicted octanol–water partition coefficient (Wildman–Crippen LogP) is 2.21. The highest BCUT2D eigenvalue weighted by Gasteiger charge is 2.23. The molecule has 0 atom stereocenters. The fourth-order valence-corrected chi connectivity index (χ4v) is 4.09. The molecule has 1 saturated heterocycles. The first-order valence-corrected chi connectivity index (χ1v) is 11.0. The van der Waals surface area contributed by atoms with Gasteiger partial charge in [0, 0.05) is 12.0 Å². The second kappa shape index (κ2) is 9.32. The average Bonchev–Trinajstić information content (AvgIpc) is 3.49. The molecule has 0 spiro atoms. The van der Waals surface area contributed by atoms with Crippen LogP contribution in [0.4, 0.5) is 11.5 Å². The molecule has 1 aliphatic rings. The van der Waals surface area contributed by atoms with Crippen molar-refractivity contribution in [2.45, 2.75) is 18.8 Å². The molecule has 3 aromatic heterocycles. The van der Waals surface area contributed by atoms with Crippen LogP contribution in [-0.4, -0.2) is 56.9 Å². The van der Waals surface area contributed by atoms with Crippen molar-refractivity contribution in [3.63, 3.8) is 0 Å². The van der Waals surface area contributed by atoms with E-state index in [0.29, 0.717) is 35.0 Å². The summed E-state index contributed by atoms with van der Waals surface area (Å²) in [6, 6.07) is 9.43. The Morgan fingerprint density at radius 3 is 2.74 bits per heavy atom. The zero-order valence-corrected chi connectivity index (χ0v) is 18.6. The first-order chi connectivity index (χ1) is 16.7. The highest BCUT2D eigenvalue weighted by atomic mass is 16.5. The van der Waals surface area contributed by atoms with Crippen LogP contribution in [0.2, 0.25) is 0 Å². The molecule has 3 N–H and O–H groups in total. The van der Waals surface area contributed by atoms with E-state index in [1.165, 1.54) is 16.9 Å². The topological polar surface area (TPSA) is 127 Å². The van der Waals surface area contributed by atoms with Crippen molar-refractivity contribution in [1.29, 1.82) is 0 Å². The number of aromatic nitrogens is 5. The van der Waals surface area contributed by atoms with Crippen LogP contribution in [0, 0.1) is 0 Å². The maximum atomic E-state index is 13.2. The maximum Gasteiger partial charge on any atom is 0.262 e. The Morgan fingerprint density at radius 1 is 1.21 bits per heavy atom. The predicted molar refractivity (Wildman–Crippen MR) is 126 cm³/mol. The van der Waals surface area contributed by atoms with Crippen LogP contribution < -0.4 is 20.7 Å². The van der Waals surface area contributed by atoms with E-state index in [-0.39, 0.29) is 5.91 Å². The third-order valence-electron chi connectivity index (χ3n) is 5.87. The molecule has 0 aliphatic carbocycles. The summed E-state index contributed by atoms with van der Waals surface area (Å²) in [5.74, 6) is 1.26. The third-order valence-corrected chi connectivity index (χ3v) is 5.87. The number of amides is 2. The summed E-state index contributed by atoms with van der Waals surface area (Å²) in [5.41, 5.74) is 2.90. The Morgan fingerprint density at radius 2 is 2.00 bits per heavy atom. The van der Waals surface area contributed by atoms with Gasteiger partial charge in [0.2, 0.25) is 6.41 Å². The quantitative estimate of drug-likeness (QED) is 0.361. The van der Waals surface area contributed by atoms with Crippen LogP contribution in [-0.2, 0) is 4.79 Å². The van der Waals surface area contributed by atoms with Crippen LogP contribution in [0.3, 0.4) is 0 Å². The van der Waals surface area contributed by atoms with Crippen molar-refractivity contribution in [2.75, 3.05) is 30.8 Å². The SMILES string of the molecule is COc1ccc(-n2nc(C3CCNCC3)cc2NC(=O)c2cnn3cc(NC=O)cnc23)cc1. The number of ether oxygens (including phenoxy) is 1. The van der Waals surface area contributed by atoms with Gasteiger partial charge in [0.15, 0.2) is 5.65 Å². The van der Waals surface area contributed by atoms with Gasteiger partial charge in [-0.3, -0.25) is 9.59 Å². The molecule has 4 aromatic rings. The first-order valence-electron chi connectivity index (χ1n) is 11.0. The lowest BCUT2D eigenvalue weighted by Gasteiger charge is -2.20. The fourth-order valence-electron chi connectivity index (χ4n) is 4.09. The van der Waals surface area contributed by atoms with Gasteiger partial charge in [-0.15, -0.1) is 0 Å². The van der Waals surface area contributed by atoms with E-state index < -0.39 is 0 Å². The van der Waals surface area contributed by atoms with Crippen LogP contribution in [0.15, 0.2) is 48.9 Å². The van der Waals surface area contributed by atoms with Crippen molar-refractivity contribution in [3.05, 3.63) is 60.2 Å². The summed E-state index contributed by atoms with van der Waals surface area (Å²) in [5, 5.41) is 17.9. The third kappa shape index (κ3) is 4.20. The van der Waals surface area contributed by atoms with E-state index in [9.17, 15) is 9.59 Å². The van der Waals surface area contributed by atoms with Crippen LogP contribution in [0.1, 0.15) is 34.8 Å². The number of nitrogens with zero attached hydrogens (tertiary/aromatic N) is 5. The molecular weight excluding hydrogens is 436 g/mol. The van der Waals surface area contributed by atoms with Gasteiger partial charge in [-0.05, 0) is 50.2 Å². The molecule has 174 valence electrons. The van der Waals surface area contributed by atoms with Crippen molar-refractivity contribution >= 4 is 29.5 Å². The normalized spacial score (nSPS) is 14.1. The van der Waals surface area contributed by atoms with E-state index in [4.69, 9.17) is 9.84 Å². The van der Waals surface area contributed by atoms with Gasteiger partial charge in [0.25, 0.3) is 5.91 Å². The molecule has 5 rings (SSSR count). The largest absolute Gasteiger partial charge is 0.497 e. The standard InChI is InChI=1S/C23H24N8O3/c1-34-18-4-2-17(3-5-18)31-21(10-20(29-31)15-6-8-24-9-7-15)28-23(33)19-12-27-30-13-16(26-14-32)11-25-22(19)30/h2-5,10-15,24H,6-9H2,1H3,(H,26,32)(H,28,33). The number of hydrogen-bond donors (Lipinski definition) is 3. The van der Waals surface area contributed by atoms with Gasteiger partial charge in [-0.2, -0.15) is 10.2 Å². The highest BCUT2D eigenvalue weighted by Crippen LogP contribution is 2.29. The zero-order chi connectivity index (χ0) is 23.5. The zero-order valence-electron chi connectivity index (χ0n) is 18.6. The van der Waals surface area contributed by atoms with Crippen molar-refractivity contribution < 1.29 is 14.3 Å². The minimum absolute atomic E-state index is 0.309. The number of anilines is 2. The summed E-state index contributed by atoms with van der Waals surface area (Å²) in [4.78, 5) is 28.2. The Hall–Kier alpha value is -4.25. The Kier molecular flexibility index (Phi) is 5.91. The van der Waals surface area contributed by atoms with Crippen molar-refractivity contribution in [3.8, 4) is 11.4 Å². The molecule has 1 fully saturated rings. The van der Waals surface area contributed by atoms with Crippen LogP contribution in [0.25, 0.3) is 11.3 Å². The van der Waals surface area contributed by atoms with E-state index in [1.807, 2.05) is 30.3 Å². The van der Waals surface area contributed by atoms with Gasteiger partial charge in [0.1, 0.15) is 17.1 Å². The lowest BCUT2D eigenvalue weighted by atomic mass is 9.95. The molecule has 0 saturated carbocycles. The van der Waals surface area contributed by atoms with Gasteiger partial charge in [-0.25, -0.2) is 14.2 Å². The number of benzene rings is 1. The number of rotatable bonds is 7. The lowest BCUT2D eigenvalue weighted by molar-refractivity contribution is -0.105. The first kappa shape index (κ1) is 21.6. The van der Waals surface area contributed by atoms with E-state index >= 15 is 0 Å². The summed E-state index contributed by atoms with van der Waals surface area (Å²) in [7, 11) is 1.62. The minimum Gasteiger partial charge on any atom is -0.497 e. The number of carbonyl (C=O) groups is 2.